The quantitative estimate of drug-likeness (QED) is 0.219. The van der Waals surface area contributed by atoms with Gasteiger partial charge in [0.1, 0.15) is 0 Å². The van der Waals surface area contributed by atoms with E-state index in [4.69, 9.17) is 9.16 Å². The molecule has 0 radical (unpaired) electrons. The predicted molar refractivity (Wildman–Crippen MR) is 119 cm³/mol. The third-order valence-electron chi connectivity index (χ3n) is 5.32. The Morgan fingerprint density at radius 1 is 0.815 bits per heavy atom. The van der Waals surface area contributed by atoms with E-state index in [-0.39, 0.29) is 5.04 Å². The van der Waals surface area contributed by atoms with Crippen LogP contribution in [0.1, 0.15) is 71.3 Å². The van der Waals surface area contributed by atoms with E-state index in [1.807, 2.05) is 6.07 Å². The van der Waals surface area contributed by atoms with E-state index in [0.717, 1.165) is 39.1 Å². The van der Waals surface area contributed by atoms with Gasteiger partial charge in [0.05, 0.1) is 6.61 Å². The van der Waals surface area contributed by atoms with Crippen LogP contribution in [0.2, 0.25) is 18.1 Å². The van der Waals surface area contributed by atoms with Crippen LogP contribution < -0.4 is 0 Å². The van der Waals surface area contributed by atoms with Crippen molar-refractivity contribution in [2.75, 3.05) is 13.2 Å². The summed E-state index contributed by atoms with van der Waals surface area (Å²) in [6.07, 6.45) is 8.06. The molecule has 152 valence electrons. The first-order valence-electron chi connectivity index (χ1n) is 10.5. The molecular formula is C24H40O2Si. The Bertz CT molecular complexity index is 549. The van der Waals surface area contributed by atoms with Gasteiger partial charge in [-0.15, -0.1) is 11.8 Å². The van der Waals surface area contributed by atoms with E-state index < -0.39 is 8.32 Å². The van der Waals surface area contributed by atoms with E-state index in [1.54, 1.807) is 0 Å². The molecule has 1 rings (SSSR count). The molecule has 0 saturated carbocycles. The van der Waals surface area contributed by atoms with Crippen molar-refractivity contribution in [2.45, 2.75) is 90.5 Å². The minimum atomic E-state index is -1.60. The summed E-state index contributed by atoms with van der Waals surface area (Å²) in [5, 5.41) is 0.285. The lowest BCUT2D eigenvalue weighted by atomic mass is 10.1. The lowest BCUT2D eigenvalue weighted by Crippen LogP contribution is -2.40. The maximum absolute atomic E-state index is 6.14. The third-order valence-corrected chi connectivity index (χ3v) is 9.86. The van der Waals surface area contributed by atoms with Crippen molar-refractivity contribution in [1.29, 1.82) is 0 Å². The van der Waals surface area contributed by atoms with Gasteiger partial charge in [-0.05, 0) is 36.5 Å². The average molecular weight is 389 g/mol. The maximum Gasteiger partial charge on any atom is 0.192 e. The van der Waals surface area contributed by atoms with Crippen molar-refractivity contribution in [3.05, 3.63) is 35.9 Å². The molecule has 0 amide bonds. The second kappa shape index (κ2) is 13.2. The highest BCUT2D eigenvalue weighted by Gasteiger charge is 2.36. The Morgan fingerprint density at radius 2 is 1.44 bits per heavy atom. The van der Waals surface area contributed by atoms with Crippen molar-refractivity contribution >= 4 is 8.32 Å². The van der Waals surface area contributed by atoms with Crippen LogP contribution in [0.25, 0.3) is 0 Å². The number of benzene rings is 1. The average Bonchev–Trinajstić information content (AvgIpc) is 2.62. The second-order valence-electron chi connectivity index (χ2n) is 8.77. The van der Waals surface area contributed by atoms with Crippen molar-refractivity contribution in [3.8, 4) is 11.8 Å². The van der Waals surface area contributed by atoms with Crippen LogP contribution in [0, 0.1) is 11.8 Å². The first kappa shape index (κ1) is 24.0. The Balaban J connectivity index is 1.90. The van der Waals surface area contributed by atoms with Crippen molar-refractivity contribution in [1.82, 2.24) is 0 Å². The lowest BCUT2D eigenvalue weighted by Gasteiger charge is -2.35. The molecule has 2 nitrogen and oxygen atoms in total. The van der Waals surface area contributed by atoms with Gasteiger partial charge >= 0.3 is 0 Å². The van der Waals surface area contributed by atoms with Crippen LogP contribution in [0.15, 0.2) is 30.3 Å². The normalized spacial score (nSPS) is 11.9. The molecule has 0 spiro atoms. The SMILES string of the molecule is CC(C)(C)[Si](C)(C)OCCC#CCCCCCCCOCc1ccccc1. The molecule has 0 aromatic heterocycles. The van der Waals surface area contributed by atoms with Crippen LogP contribution >= 0.6 is 0 Å². The summed E-state index contributed by atoms with van der Waals surface area (Å²) in [5.74, 6) is 6.57. The summed E-state index contributed by atoms with van der Waals surface area (Å²) < 4.78 is 11.9. The van der Waals surface area contributed by atoms with Gasteiger partial charge in [0.25, 0.3) is 0 Å². The highest BCUT2D eigenvalue weighted by atomic mass is 28.4. The van der Waals surface area contributed by atoms with Gasteiger partial charge in [0.2, 0.25) is 0 Å². The first-order chi connectivity index (χ1) is 12.8. The van der Waals surface area contributed by atoms with Crippen molar-refractivity contribution in [3.63, 3.8) is 0 Å². The van der Waals surface area contributed by atoms with Crippen molar-refractivity contribution in [2.24, 2.45) is 0 Å². The number of rotatable bonds is 12. The monoisotopic (exact) mass is 388 g/mol. The second-order valence-corrected chi connectivity index (χ2v) is 13.6. The molecule has 0 saturated heterocycles. The minimum Gasteiger partial charge on any atom is -0.416 e. The zero-order valence-electron chi connectivity index (χ0n) is 18.3. The number of hydrogen-bond acceptors (Lipinski definition) is 2. The lowest BCUT2D eigenvalue weighted by molar-refractivity contribution is 0.116. The minimum absolute atomic E-state index is 0.285. The molecule has 0 bridgehead atoms. The first-order valence-corrected chi connectivity index (χ1v) is 13.4. The zero-order valence-corrected chi connectivity index (χ0v) is 19.3. The predicted octanol–water partition coefficient (Wildman–Crippen LogP) is 6.96. The summed E-state index contributed by atoms with van der Waals surface area (Å²) in [7, 11) is -1.60. The van der Waals surface area contributed by atoms with E-state index >= 15 is 0 Å². The Morgan fingerprint density at radius 3 is 2.15 bits per heavy atom. The molecule has 1 aromatic rings. The standard InChI is InChI=1S/C24H40O2Si/c1-24(2,3)27(4,5)26-21-17-12-10-8-6-7-9-11-16-20-25-22-23-18-14-13-15-19-23/h13-15,18-19H,6-9,11,16-17,20-22H2,1-5H3. The molecule has 0 aliphatic carbocycles. The number of ether oxygens (including phenoxy) is 1. The largest absolute Gasteiger partial charge is 0.416 e. The molecule has 0 atom stereocenters. The third kappa shape index (κ3) is 11.4. The fourth-order valence-electron chi connectivity index (χ4n) is 2.46. The number of hydrogen-bond donors (Lipinski definition) is 0. The number of unbranched alkanes of at least 4 members (excludes halogenated alkanes) is 5. The maximum atomic E-state index is 6.14. The zero-order chi connectivity index (χ0) is 20.0. The highest BCUT2D eigenvalue weighted by molar-refractivity contribution is 6.74. The fraction of sp³-hybridized carbons (Fsp3) is 0.667. The smallest absolute Gasteiger partial charge is 0.192 e. The molecule has 0 fully saturated rings. The molecule has 1 aromatic carbocycles. The van der Waals surface area contributed by atoms with Gasteiger partial charge in [-0.1, -0.05) is 70.4 Å². The van der Waals surface area contributed by atoms with Crippen LogP contribution in [-0.2, 0) is 15.8 Å². The van der Waals surface area contributed by atoms with Gasteiger partial charge < -0.3 is 9.16 Å². The van der Waals surface area contributed by atoms with Crippen LogP contribution in [0.3, 0.4) is 0 Å². The summed E-state index contributed by atoms with van der Waals surface area (Å²) in [6.45, 7) is 13.8. The Kier molecular flexibility index (Phi) is 11.7. The van der Waals surface area contributed by atoms with Crippen molar-refractivity contribution < 1.29 is 9.16 Å². The Labute approximate surface area is 169 Å². The van der Waals surface area contributed by atoms with Crippen LogP contribution in [0.5, 0.6) is 0 Å². The molecule has 27 heavy (non-hydrogen) atoms. The van der Waals surface area contributed by atoms with Gasteiger partial charge in [0.15, 0.2) is 8.32 Å². The molecule has 3 heteroatoms. The fourth-order valence-corrected chi connectivity index (χ4v) is 3.51. The summed E-state index contributed by atoms with van der Waals surface area (Å²) >= 11 is 0. The molecule has 0 unspecified atom stereocenters. The van der Waals surface area contributed by atoms with Gasteiger partial charge in [0, 0.05) is 26.1 Å². The molecule has 0 aliphatic heterocycles. The van der Waals surface area contributed by atoms with E-state index in [0.29, 0.717) is 0 Å². The topological polar surface area (TPSA) is 18.5 Å². The van der Waals surface area contributed by atoms with Crippen LogP contribution in [-0.4, -0.2) is 21.5 Å². The summed E-state index contributed by atoms with van der Waals surface area (Å²) in [6, 6.07) is 10.4. The van der Waals surface area contributed by atoms with Gasteiger partial charge in [-0.3, -0.25) is 0 Å². The van der Waals surface area contributed by atoms with Gasteiger partial charge in [-0.25, -0.2) is 0 Å². The molecule has 0 heterocycles. The summed E-state index contributed by atoms with van der Waals surface area (Å²) in [4.78, 5) is 0. The van der Waals surface area contributed by atoms with E-state index in [9.17, 15) is 0 Å². The van der Waals surface area contributed by atoms with E-state index in [1.165, 1.54) is 31.2 Å². The van der Waals surface area contributed by atoms with Crippen LogP contribution in [0.4, 0.5) is 0 Å². The molecular weight excluding hydrogens is 348 g/mol. The van der Waals surface area contributed by atoms with E-state index in [2.05, 4.69) is 70.0 Å². The Hall–Kier alpha value is -1.08. The molecule has 0 N–H and O–H groups in total. The highest BCUT2D eigenvalue weighted by Crippen LogP contribution is 2.36. The van der Waals surface area contributed by atoms with Gasteiger partial charge in [-0.2, -0.15) is 0 Å². The summed E-state index contributed by atoms with van der Waals surface area (Å²) in [5.41, 5.74) is 1.26. The molecule has 0 aliphatic rings.